The molecule has 128 valence electrons. The Labute approximate surface area is 149 Å². The van der Waals surface area contributed by atoms with Crippen molar-refractivity contribution in [2.75, 3.05) is 0 Å². The molecule has 0 spiro atoms. The maximum absolute atomic E-state index is 11.0. The van der Waals surface area contributed by atoms with Crippen LogP contribution in [0.4, 0.5) is 5.69 Å². The van der Waals surface area contributed by atoms with Gasteiger partial charge < -0.3 is 5.73 Å². The van der Waals surface area contributed by atoms with Gasteiger partial charge in [-0.1, -0.05) is 24.3 Å². The number of nitrogens with two attached hydrogens (primary N) is 1. The summed E-state index contributed by atoms with van der Waals surface area (Å²) in [4.78, 5) is 15.3. The van der Waals surface area contributed by atoms with E-state index in [1.807, 2.05) is 37.3 Å². The van der Waals surface area contributed by atoms with Crippen molar-refractivity contribution in [3.8, 4) is 11.4 Å². The van der Waals surface area contributed by atoms with Crippen molar-refractivity contribution in [2.45, 2.75) is 26.8 Å². The van der Waals surface area contributed by atoms with Crippen LogP contribution in [-0.2, 0) is 13.0 Å². The molecule has 0 radical (unpaired) electrons. The van der Waals surface area contributed by atoms with Gasteiger partial charge >= 0.3 is 0 Å². The van der Waals surface area contributed by atoms with E-state index in [1.54, 1.807) is 13.0 Å². The van der Waals surface area contributed by atoms with Crippen LogP contribution in [0.15, 0.2) is 36.4 Å². The Bertz CT molecular complexity index is 919. The third-order valence-electron chi connectivity index (χ3n) is 4.11. The zero-order chi connectivity index (χ0) is 18.0. The number of hydrogen-bond acceptors (Lipinski definition) is 6. The van der Waals surface area contributed by atoms with Crippen molar-refractivity contribution in [1.82, 2.24) is 9.36 Å². The molecular formula is C18H18N4O2S. The fourth-order valence-electron chi connectivity index (χ4n) is 2.64. The SMILES string of the molecule is Cc1cc([N+](=O)[O-])c(C)cc1Cc1nc(-c2ccc(CN)cc2)ns1. The first-order chi connectivity index (χ1) is 12.0. The molecule has 0 saturated carbocycles. The van der Waals surface area contributed by atoms with Crippen LogP contribution < -0.4 is 5.73 Å². The van der Waals surface area contributed by atoms with Crippen molar-refractivity contribution in [2.24, 2.45) is 5.73 Å². The summed E-state index contributed by atoms with van der Waals surface area (Å²) in [5, 5.41) is 11.9. The Morgan fingerprint density at radius 3 is 2.52 bits per heavy atom. The summed E-state index contributed by atoms with van der Waals surface area (Å²) in [6.07, 6.45) is 0.614. The molecule has 2 aromatic carbocycles. The van der Waals surface area contributed by atoms with E-state index in [4.69, 9.17) is 5.73 Å². The Hall–Kier alpha value is -2.64. The Morgan fingerprint density at radius 1 is 1.16 bits per heavy atom. The summed E-state index contributed by atoms with van der Waals surface area (Å²) < 4.78 is 4.43. The van der Waals surface area contributed by atoms with Crippen LogP contribution in [0.5, 0.6) is 0 Å². The van der Waals surface area contributed by atoms with Crippen molar-refractivity contribution >= 4 is 17.2 Å². The molecule has 0 amide bonds. The maximum atomic E-state index is 11.0. The molecular weight excluding hydrogens is 336 g/mol. The molecule has 25 heavy (non-hydrogen) atoms. The summed E-state index contributed by atoms with van der Waals surface area (Å²) in [5.41, 5.74) is 10.4. The molecule has 1 heterocycles. The maximum Gasteiger partial charge on any atom is 0.272 e. The van der Waals surface area contributed by atoms with Crippen LogP contribution >= 0.6 is 11.5 Å². The number of nitro groups is 1. The monoisotopic (exact) mass is 354 g/mol. The molecule has 0 aliphatic rings. The minimum Gasteiger partial charge on any atom is -0.326 e. The second-order valence-electron chi connectivity index (χ2n) is 5.91. The number of hydrogen-bond donors (Lipinski definition) is 1. The normalized spacial score (nSPS) is 10.8. The molecule has 0 atom stereocenters. The highest BCUT2D eigenvalue weighted by molar-refractivity contribution is 7.05. The van der Waals surface area contributed by atoms with E-state index in [2.05, 4.69) is 9.36 Å². The second-order valence-corrected chi connectivity index (χ2v) is 6.75. The average molecular weight is 354 g/mol. The molecule has 0 saturated heterocycles. The smallest absolute Gasteiger partial charge is 0.272 e. The molecule has 3 aromatic rings. The van der Waals surface area contributed by atoms with Gasteiger partial charge in [0.25, 0.3) is 5.69 Å². The van der Waals surface area contributed by atoms with Crippen LogP contribution in [0.1, 0.15) is 27.3 Å². The van der Waals surface area contributed by atoms with E-state index in [9.17, 15) is 10.1 Å². The van der Waals surface area contributed by atoms with Crippen LogP contribution in [0.2, 0.25) is 0 Å². The standard InChI is InChI=1S/C18H18N4O2S/c1-11-8-16(22(23)24)12(2)7-15(11)9-17-20-18(21-25-17)14-5-3-13(10-19)4-6-14/h3-8H,9-10,19H2,1-2H3. The first-order valence-electron chi connectivity index (χ1n) is 7.84. The molecule has 1 aromatic heterocycles. The van der Waals surface area contributed by atoms with E-state index < -0.39 is 0 Å². The van der Waals surface area contributed by atoms with Gasteiger partial charge in [0, 0.05) is 30.2 Å². The molecule has 0 fully saturated rings. The van der Waals surface area contributed by atoms with Crippen molar-refractivity contribution in [3.05, 3.63) is 73.8 Å². The lowest BCUT2D eigenvalue weighted by molar-refractivity contribution is -0.385. The predicted octanol–water partition coefficient (Wildman–Crippen LogP) is 3.78. The third-order valence-corrected chi connectivity index (χ3v) is 4.82. The Balaban J connectivity index is 1.83. The first kappa shape index (κ1) is 17.2. The minimum absolute atomic E-state index is 0.152. The fraction of sp³-hybridized carbons (Fsp3) is 0.222. The van der Waals surface area contributed by atoms with Crippen molar-refractivity contribution < 1.29 is 4.92 Å². The molecule has 0 bridgehead atoms. The highest BCUT2D eigenvalue weighted by Gasteiger charge is 2.15. The highest BCUT2D eigenvalue weighted by Crippen LogP contribution is 2.26. The zero-order valence-electron chi connectivity index (χ0n) is 14.0. The Morgan fingerprint density at radius 2 is 1.88 bits per heavy atom. The summed E-state index contributed by atoms with van der Waals surface area (Å²) in [6.45, 7) is 4.15. The number of benzene rings is 2. The van der Waals surface area contributed by atoms with Crippen LogP contribution in [0.3, 0.4) is 0 Å². The van der Waals surface area contributed by atoms with Gasteiger partial charge in [-0.05, 0) is 48.1 Å². The van der Waals surface area contributed by atoms with Crippen molar-refractivity contribution in [3.63, 3.8) is 0 Å². The van der Waals surface area contributed by atoms with Gasteiger partial charge in [0.1, 0.15) is 5.01 Å². The van der Waals surface area contributed by atoms with Crippen LogP contribution in [-0.4, -0.2) is 14.3 Å². The van der Waals surface area contributed by atoms with Gasteiger partial charge in [-0.3, -0.25) is 10.1 Å². The van der Waals surface area contributed by atoms with E-state index in [0.29, 0.717) is 24.4 Å². The van der Waals surface area contributed by atoms with Crippen LogP contribution in [0, 0.1) is 24.0 Å². The first-order valence-corrected chi connectivity index (χ1v) is 8.61. The lowest BCUT2D eigenvalue weighted by Crippen LogP contribution is -1.98. The second kappa shape index (κ2) is 7.08. The van der Waals surface area contributed by atoms with Crippen molar-refractivity contribution in [1.29, 1.82) is 0 Å². The predicted molar refractivity (Wildman–Crippen MR) is 98.6 cm³/mol. The summed E-state index contributed by atoms with van der Waals surface area (Å²) >= 11 is 1.35. The minimum atomic E-state index is -0.347. The zero-order valence-corrected chi connectivity index (χ0v) is 14.8. The molecule has 7 heteroatoms. The third kappa shape index (κ3) is 3.72. The quantitative estimate of drug-likeness (QED) is 0.556. The van der Waals surface area contributed by atoms with Crippen LogP contribution in [0.25, 0.3) is 11.4 Å². The largest absolute Gasteiger partial charge is 0.326 e. The molecule has 0 unspecified atom stereocenters. The molecule has 0 aliphatic heterocycles. The number of nitro benzene ring substituents is 1. The van der Waals surface area contributed by atoms with E-state index >= 15 is 0 Å². The number of rotatable bonds is 5. The fourth-order valence-corrected chi connectivity index (χ4v) is 3.33. The van der Waals surface area contributed by atoms with E-state index in [-0.39, 0.29) is 10.6 Å². The molecule has 2 N–H and O–H groups in total. The van der Waals surface area contributed by atoms with Gasteiger partial charge in [0.05, 0.1) is 4.92 Å². The Kier molecular flexibility index (Phi) is 4.87. The van der Waals surface area contributed by atoms with E-state index in [0.717, 1.165) is 27.3 Å². The number of aromatic nitrogens is 2. The topological polar surface area (TPSA) is 94.9 Å². The number of nitrogens with zero attached hydrogens (tertiary/aromatic N) is 3. The van der Waals surface area contributed by atoms with E-state index in [1.165, 1.54) is 11.5 Å². The van der Waals surface area contributed by atoms with Gasteiger partial charge in [0.2, 0.25) is 0 Å². The lowest BCUT2D eigenvalue weighted by Gasteiger charge is -2.06. The van der Waals surface area contributed by atoms with Gasteiger partial charge in [-0.2, -0.15) is 4.37 Å². The average Bonchev–Trinajstić information content (AvgIpc) is 3.06. The lowest BCUT2D eigenvalue weighted by atomic mass is 10.0. The molecule has 0 aliphatic carbocycles. The highest BCUT2D eigenvalue weighted by atomic mass is 32.1. The molecule has 3 rings (SSSR count). The van der Waals surface area contributed by atoms with Gasteiger partial charge in [0.15, 0.2) is 5.82 Å². The van der Waals surface area contributed by atoms with Gasteiger partial charge in [-0.25, -0.2) is 4.98 Å². The van der Waals surface area contributed by atoms with Gasteiger partial charge in [-0.15, -0.1) is 0 Å². The summed E-state index contributed by atoms with van der Waals surface area (Å²) in [7, 11) is 0. The summed E-state index contributed by atoms with van der Waals surface area (Å²) in [5.74, 6) is 0.694. The summed E-state index contributed by atoms with van der Waals surface area (Å²) in [6, 6.07) is 11.4. The number of aryl methyl sites for hydroxylation is 2. The molecule has 6 nitrogen and oxygen atoms in total.